The Bertz CT molecular complexity index is 1280. The lowest BCUT2D eigenvalue weighted by molar-refractivity contribution is -0.121. The van der Waals surface area contributed by atoms with Crippen LogP contribution in [0.25, 0.3) is 11.0 Å². The standard InChI is InChI=1S/C23H23N7O2/c1-2-30-13-15-7-4-3-6-14(15)12-18(30)21(32)29-23-26-17-9-5-8-16(19(17)27-23)20(31)28-22-24-10-11-25-22/h3-11,18H,2,12-13H2,1H3,(H2,24,25,28,31)(H2,26,27,29,32)/t18-/m0/s1. The van der Waals surface area contributed by atoms with Crippen molar-refractivity contribution in [2.24, 2.45) is 0 Å². The van der Waals surface area contributed by atoms with Crippen molar-refractivity contribution < 1.29 is 9.59 Å². The smallest absolute Gasteiger partial charge is 0.260 e. The molecule has 1 aliphatic rings. The summed E-state index contributed by atoms with van der Waals surface area (Å²) in [5.41, 5.74) is 3.98. The van der Waals surface area contributed by atoms with Crippen LogP contribution in [0.15, 0.2) is 54.9 Å². The third-order valence-electron chi connectivity index (χ3n) is 5.78. The van der Waals surface area contributed by atoms with Crippen LogP contribution in [0.4, 0.5) is 11.9 Å². The molecule has 0 bridgehead atoms. The van der Waals surface area contributed by atoms with Gasteiger partial charge in [-0.25, -0.2) is 9.97 Å². The van der Waals surface area contributed by atoms with E-state index in [4.69, 9.17) is 0 Å². The maximum absolute atomic E-state index is 13.1. The Morgan fingerprint density at radius 1 is 1.09 bits per heavy atom. The van der Waals surface area contributed by atoms with E-state index in [9.17, 15) is 9.59 Å². The highest BCUT2D eigenvalue weighted by atomic mass is 16.2. The first-order chi connectivity index (χ1) is 15.6. The van der Waals surface area contributed by atoms with Gasteiger partial charge in [0.05, 0.1) is 17.1 Å². The Kier molecular flexibility index (Phi) is 5.16. The molecule has 0 saturated carbocycles. The molecule has 9 heteroatoms. The number of carbonyl (C=O) groups excluding carboxylic acids is 2. The fraction of sp³-hybridized carbons (Fsp3) is 0.217. The summed E-state index contributed by atoms with van der Waals surface area (Å²) in [6, 6.07) is 13.2. The Labute approximate surface area is 184 Å². The minimum atomic E-state index is -0.337. The van der Waals surface area contributed by atoms with E-state index in [-0.39, 0.29) is 17.9 Å². The zero-order valence-corrected chi connectivity index (χ0v) is 17.6. The zero-order chi connectivity index (χ0) is 22.1. The first-order valence-corrected chi connectivity index (χ1v) is 10.5. The van der Waals surface area contributed by atoms with E-state index in [1.807, 2.05) is 18.2 Å². The number of imidazole rings is 2. The van der Waals surface area contributed by atoms with E-state index in [2.05, 4.69) is 54.5 Å². The summed E-state index contributed by atoms with van der Waals surface area (Å²) in [7, 11) is 0. The van der Waals surface area contributed by atoms with Crippen molar-refractivity contribution >= 4 is 34.7 Å². The first-order valence-electron chi connectivity index (χ1n) is 10.5. The van der Waals surface area contributed by atoms with Crippen molar-refractivity contribution in [1.29, 1.82) is 0 Å². The molecule has 3 heterocycles. The maximum Gasteiger partial charge on any atom is 0.260 e. The first kappa shape index (κ1) is 20.0. The largest absolute Gasteiger partial charge is 0.331 e. The number of likely N-dealkylation sites (N-methyl/N-ethyl adjacent to an activating group) is 1. The molecule has 2 amide bonds. The number of hydrogen-bond acceptors (Lipinski definition) is 5. The van der Waals surface area contributed by atoms with Crippen LogP contribution in [-0.2, 0) is 17.8 Å². The van der Waals surface area contributed by atoms with Gasteiger partial charge in [0.1, 0.15) is 5.52 Å². The molecule has 0 aliphatic carbocycles. The number of nitrogens with zero attached hydrogens (tertiary/aromatic N) is 3. The number of fused-ring (bicyclic) bond motifs is 2. The van der Waals surface area contributed by atoms with Gasteiger partial charge in [-0.05, 0) is 36.2 Å². The fourth-order valence-corrected chi connectivity index (χ4v) is 4.15. The van der Waals surface area contributed by atoms with Crippen LogP contribution in [0.5, 0.6) is 0 Å². The summed E-state index contributed by atoms with van der Waals surface area (Å²) in [6.07, 6.45) is 3.83. The molecule has 4 N–H and O–H groups in total. The Balaban J connectivity index is 1.37. The lowest BCUT2D eigenvalue weighted by Crippen LogP contribution is -2.47. The van der Waals surface area contributed by atoms with Crippen LogP contribution in [-0.4, -0.2) is 49.2 Å². The number of rotatable bonds is 5. The summed E-state index contributed by atoms with van der Waals surface area (Å²) in [4.78, 5) is 42.4. The Morgan fingerprint density at radius 2 is 1.94 bits per heavy atom. The number of nitrogens with one attached hydrogen (secondary N) is 4. The van der Waals surface area contributed by atoms with Gasteiger partial charge >= 0.3 is 0 Å². The molecule has 0 radical (unpaired) electrons. The second-order valence-corrected chi connectivity index (χ2v) is 7.72. The average molecular weight is 429 g/mol. The lowest BCUT2D eigenvalue weighted by atomic mass is 9.93. The van der Waals surface area contributed by atoms with Crippen LogP contribution in [0.1, 0.15) is 28.4 Å². The normalized spacial score (nSPS) is 16.0. The molecule has 162 valence electrons. The van der Waals surface area contributed by atoms with Crippen LogP contribution >= 0.6 is 0 Å². The maximum atomic E-state index is 13.1. The van der Waals surface area contributed by atoms with Crippen molar-refractivity contribution in [2.45, 2.75) is 25.9 Å². The summed E-state index contributed by atoms with van der Waals surface area (Å²) in [5.74, 6) is 0.212. The molecule has 2 aromatic heterocycles. The number of amides is 2. The lowest BCUT2D eigenvalue weighted by Gasteiger charge is -2.34. The van der Waals surface area contributed by atoms with Crippen LogP contribution in [0.2, 0.25) is 0 Å². The predicted molar refractivity (Wildman–Crippen MR) is 121 cm³/mol. The summed E-state index contributed by atoms with van der Waals surface area (Å²) in [5, 5.41) is 5.61. The Morgan fingerprint density at radius 3 is 2.72 bits per heavy atom. The molecule has 2 aromatic carbocycles. The second kappa shape index (κ2) is 8.27. The van der Waals surface area contributed by atoms with Crippen LogP contribution in [0.3, 0.4) is 0 Å². The highest BCUT2D eigenvalue weighted by molar-refractivity contribution is 6.11. The van der Waals surface area contributed by atoms with Crippen molar-refractivity contribution in [3.8, 4) is 0 Å². The second-order valence-electron chi connectivity index (χ2n) is 7.72. The summed E-state index contributed by atoms with van der Waals surface area (Å²) < 4.78 is 0. The molecule has 1 aliphatic heterocycles. The SMILES string of the molecule is CCN1Cc2ccccc2C[C@H]1C(=O)Nc1nc2c(C(=O)Nc3ncc[nH]3)cccc2[nH]1. The van der Waals surface area contributed by atoms with Gasteiger partial charge in [-0.2, -0.15) is 0 Å². The molecule has 0 spiro atoms. The average Bonchev–Trinajstić information content (AvgIpc) is 3.47. The van der Waals surface area contributed by atoms with Crippen molar-refractivity contribution in [3.63, 3.8) is 0 Å². The number of benzene rings is 2. The third kappa shape index (κ3) is 3.74. The number of carbonyl (C=O) groups is 2. The third-order valence-corrected chi connectivity index (χ3v) is 5.78. The Hall–Kier alpha value is -3.98. The number of anilines is 2. The van der Waals surface area contributed by atoms with E-state index >= 15 is 0 Å². The molecular weight excluding hydrogens is 406 g/mol. The summed E-state index contributed by atoms with van der Waals surface area (Å²) in [6.45, 7) is 3.56. The molecular formula is C23H23N7O2. The van der Waals surface area contributed by atoms with Crippen LogP contribution < -0.4 is 10.6 Å². The van der Waals surface area contributed by atoms with E-state index in [0.29, 0.717) is 34.9 Å². The monoisotopic (exact) mass is 429 g/mol. The van der Waals surface area contributed by atoms with Crippen LogP contribution in [0, 0.1) is 0 Å². The molecule has 32 heavy (non-hydrogen) atoms. The van der Waals surface area contributed by atoms with E-state index in [1.165, 1.54) is 11.1 Å². The molecule has 0 unspecified atom stereocenters. The van der Waals surface area contributed by atoms with Gasteiger partial charge in [-0.15, -0.1) is 0 Å². The zero-order valence-electron chi connectivity index (χ0n) is 17.6. The van der Waals surface area contributed by atoms with Crippen molar-refractivity contribution in [3.05, 3.63) is 71.5 Å². The molecule has 4 aromatic rings. The van der Waals surface area contributed by atoms with Crippen molar-refractivity contribution in [2.75, 3.05) is 17.2 Å². The number of H-pyrrole nitrogens is 2. The number of para-hydroxylation sites is 1. The van der Waals surface area contributed by atoms with Gasteiger partial charge in [-0.3, -0.25) is 25.1 Å². The topological polar surface area (TPSA) is 119 Å². The van der Waals surface area contributed by atoms with Gasteiger partial charge < -0.3 is 9.97 Å². The van der Waals surface area contributed by atoms with Gasteiger partial charge in [0.2, 0.25) is 17.8 Å². The molecule has 0 fully saturated rings. The van der Waals surface area contributed by atoms with E-state index in [0.717, 1.165) is 13.1 Å². The predicted octanol–water partition coefficient (Wildman–Crippen LogP) is 2.92. The minimum Gasteiger partial charge on any atom is -0.331 e. The van der Waals surface area contributed by atoms with Gasteiger partial charge in [0.25, 0.3) is 5.91 Å². The summed E-state index contributed by atoms with van der Waals surface area (Å²) >= 11 is 0. The number of aromatic amines is 2. The molecule has 5 rings (SSSR count). The highest BCUT2D eigenvalue weighted by Gasteiger charge is 2.31. The fourth-order valence-electron chi connectivity index (χ4n) is 4.15. The van der Waals surface area contributed by atoms with E-state index in [1.54, 1.807) is 24.5 Å². The quantitative estimate of drug-likeness (QED) is 0.389. The minimum absolute atomic E-state index is 0.123. The van der Waals surface area contributed by atoms with Crippen molar-refractivity contribution in [1.82, 2.24) is 24.8 Å². The van der Waals surface area contributed by atoms with E-state index < -0.39 is 0 Å². The van der Waals surface area contributed by atoms with Gasteiger partial charge in [0, 0.05) is 18.9 Å². The molecule has 0 saturated heterocycles. The number of hydrogen-bond donors (Lipinski definition) is 4. The van der Waals surface area contributed by atoms with Gasteiger partial charge in [-0.1, -0.05) is 37.3 Å². The number of aromatic nitrogens is 4. The molecule has 9 nitrogen and oxygen atoms in total. The molecule has 1 atom stereocenters. The van der Waals surface area contributed by atoms with Gasteiger partial charge in [0.15, 0.2) is 0 Å². The highest BCUT2D eigenvalue weighted by Crippen LogP contribution is 2.25.